The number of aromatic nitrogens is 1. The summed E-state index contributed by atoms with van der Waals surface area (Å²) < 4.78 is 0.668. The summed E-state index contributed by atoms with van der Waals surface area (Å²) in [5.41, 5.74) is 0. The van der Waals surface area contributed by atoms with Crippen molar-refractivity contribution in [3.8, 4) is 0 Å². The largest absolute Gasteiger partial charge is 0.355 e. The van der Waals surface area contributed by atoms with Crippen molar-refractivity contribution in [3.63, 3.8) is 0 Å². The van der Waals surface area contributed by atoms with Crippen LogP contribution in [0.2, 0.25) is 4.34 Å². The van der Waals surface area contributed by atoms with Crippen LogP contribution in [-0.4, -0.2) is 24.0 Å². The van der Waals surface area contributed by atoms with Crippen LogP contribution < -0.4 is 10.6 Å². The van der Waals surface area contributed by atoms with Crippen molar-refractivity contribution in [1.29, 1.82) is 0 Å². The third-order valence-electron chi connectivity index (χ3n) is 1.79. The van der Waals surface area contributed by atoms with Crippen molar-refractivity contribution in [2.45, 2.75) is 20.4 Å². The molecule has 0 bridgehead atoms. The molecule has 0 aliphatic rings. The number of rotatable bonds is 6. The van der Waals surface area contributed by atoms with Crippen LogP contribution in [0.4, 0.5) is 0 Å². The Morgan fingerprint density at radius 2 is 2.38 bits per heavy atom. The van der Waals surface area contributed by atoms with Crippen LogP contribution in [0.1, 0.15) is 18.9 Å². The van der Waals surface area contributed by atoms with E-state index in [1.54, 1.807) is 6.20 Å². The molecule has 1 rings (SSSR count). The van der Waals surface area contributed by atoms with Gasteiger partial charge in [0.25, 0.3) is 0 Å². The molecule has 0 spiro atoms. The number of hydrogen-bond acceptors (Lipinski definition) is 4. The van der Waals surface area contributed by atoms with Gasteiger partial charge in [0.05, 0.1) is 12.7 Å². The minimum Gasteiger partial charge on any atom is -0.355 e. The Kier molecular flexibility index (Phi) is 5.73. The van der Waals surface area contributed by atoms with Gasteiger partial charge in [0.15, 0.2) is 0 Å². The maximum Gasteiger partial charge on any atom is 0.233 e. The van der Waals surface area contributed by atoms with Gasteiger partial charge in [0.2, 0.25) is 5.91 Å². The van der Waals surface area contributed by atoms with E-state index in [2.05, 4.69) is 29.5 Å². The van der Waals surface area contributed by atoms with Crippen molar-refractivity contribution in [1.82, 2.24) is 15.6 Å². The second kappa shape index (κ2) is 6.83. The highest BCUT2D eigenvalue weighted by Gasteiger charge is 2.03. The van der Waals surface area contributed by atoms with Crippen LogP contribution >= 0.6 is 22.9 Å². The van der Waals surface area contributed by atoms with Gasteiger partial charge in [-0.3, -0.25) is 4.79 Å². The molecular formula is C10H16ClN3OS. The number of carbonyl (C=O) groups is 1. The van der Waals surface area contributed by atoms with Crippen LogP contribution in [0, 0.1) is 5.92 Å². The van der Waals surface area contributed by atoms with Crippen LogP contribution in [-0.2, 0) is 11.3 Å². The lowest BCUT2D eigenvalue weighted by atomic mass is 10.2. The van der Waals surface area contributed by atoms with Gasteiger partial charge in [-0.2, -0.15) is 0 Å². The molecule has 1 amide bonds. The zero-order chi connectivity index (χ0) is 12.0. The molecule has 1 heterocycles. The van der Waals surface area contributed by atoms with Crippen LogP contribution in [0.5, 0.6) is 0 Å². The lowest BCUT2D eigenvalue weighted by Gasteiger charge is -2.07. The van der Waals surface area contributed by atoms with E-state index < -0.39 is 0 Å². The third-order valence-corrected chi connectivity index (χ3v) is 2.91. The number of carbonyl (C=O) groups excluding carboxylic acids is 1. The van der Waals surface area contributed by atoms with Gasteiger partial charge in [0.1, 0.15) is 9.34 Å². The summed E-state index contributed by atoms with van der Waals surface area (Å²) >= 11 is 7.15. The van der Waals surface area contributed by atoms with Crippen LogP contribution in [0.25, 0.3) is 0 Å². The summed E-state index contributed by atoms with van der Waals surface area (Å²) in [5, 5.41) is 6.74. The molecule has 0 fully saturated rings. The van der Waals surface area contributed by atoms with Crippen LogP contribution in [0.15, 0.2) is 6.20 Å². The topological polar surface area (TPSA) is 54.0 Å². The second-order valence-electron chi connectivity index (χ2n) is 3.86. The van der Waals surface area contributed by atoms with Gasteiger partial charge in [-0.25, -0.2) is 4.98 Å². The Morgan fingerprint density at radius 3 is 2.94 bits per heavy atom. The average molecular weight is 262 g/mol. The van der Waals surface area contributed by atoms with E-state index in [-0.39, 0.29) is 5.91 Å². The van der Waals surface area contributed by atoms with Crippen molar-refractivity contribution in [2.24, 2.45) is 5.92 Å². The van der Waals surface area contributed by atoms with E-state index in [0.29, 0.717) is 29.9 Å². The average Bonchev–Trinajstić information content (AvgIpc) is 2.61. The Labute approximate surface area is 104 Å². The van der Waals surface area contributed by atoms with E-state index in [1.807, 2.05) is 0 Å². The molecule has 4 nitrogen and oxygen atoms in total. The molecule has 16 heavy (non-hydrogen) atoms. The lowest BCUT2D eigenvalue weighted by Crippen LogP contribution is -2.35. The maximum absolute atomic E-state index is 11.3. The van der Waals surface area contributed by atoms with Crippen molar-refractivity contribution in [3.05, 3.63) is 15.5 Å². The van der Waals surface area contributed by atoms with E-state index in [4.69, 9.17) is 11.6 Å². The summed E-state index contributed by atoms with van der Waals surface area (Å²) in [6.45, 7) is 5.72. The van der Waals surface area contributed by atoms with Gasteiger partial charge < -0.3 is 10.6 Å². The standard InChI is InChI=1S/C10H16ClN3OS/c1-7(2)3-13-9(15)5-12-6-10-14-4-8(11)16-10/h4,7,12H,3,5-6H2,1-2H3,(H,13,15). The maximum atomic E-state index is 11.3. The molecule has 1 aromatic rings. The highest BCUT2D eigenvalue weighted by atomic mass is 35.5. The number of nitrogens with zero attached hydrogens (tertiary/aromatic N) is 1. The highest BCUT2D eigenvalue weighted by molar-refractivity contribution is 7.15. The number of amides is 1. The molecule has 90 valence electrons. The summed E-state index contributed by atoms with van der Waals surface area (Å²) in [6.07, 6.45) is 1.61. The molecule has 0 aromatic carbocycles. The molecule has 0 atom stereocenters. The fourth-order valence-corrected chi connectivity index (χ4v) is 1.96. The number of thiazole rings is 1. The summed E-state index contributed by atoms with van der Waals surface area (Å²) in [7, 11) is 0. The van der Waals surface area contributed by atoms with E-state index in [0.717, 1.165) is 5.01 Å². The SMILES string of the molecule is CC(C)CNC(=O)CNCc1ncc(Cl)s1. The molecule has 0 aliphatic heterocycles. The van der Waals surface area contributed by atoms with Gasteiger partial charge in [-0.1, -0.05) is 25.4 Å². The van der Waals surface area contributed by atoms with Crippen molar-refractivity contribution < 1.29 is 4.79 Å². The monoisotopic (exact) mass is 261 g/mol. The Balaban J connectivity index is 2.13. The van der Waals surface area contributed by atoms with Crippen molar-refractivity contribution in [2.75, 3.05) is 13.1 Å². The molecule has 0 radical (unpaired) electrons. The number of halogens is 1. The predicted molar refractivity (Wildman–Crippen MR) is 66.7 cm³/mol. The van der Waals surface area contributed by atoms with Gasteiger partial charge >= 0.3 is 0 Å². The van der Waals surface area contributed by atoms with E-state index in [1.165, 1.54) is 11.3 Å². The highest BCUT2D eigenvalue weighted by Crippen LogP contribution is 2.17. The molecule has 2 N–H and O–H groups in total. The molecule has 0 saturated carbocycles. The molecule has 0 saturated heterocycles. The van der Waals surface area contributed by atoms with E-state index >= 15 is 0 Å². The Bertz CT molecular complexity index is 341. The van der Waals surface area contributed by atoms with Crippen molar-refractivity contribution >= 4 is 28.8 Å². The van der Waals surface area contributed by atoms with Gasteiger partial charge in [-0.05, 0) is 5.92 Å². The zero-order valence-corrected chi connectivity index (χ0v) is 11.0. The number of hydrogen-bond donors (Lipinski definition) is 2. The predicted octanol–water partition coefficient (Wildman–Crippen LogP) is 1.66. The first kappa shape index (κ1) is 13.4. The quantitative estimate of drug-likeness (QED) is 0.819. The molecule has 1 aromatic heterocycles. The second-order valence-corrected chi connectivity index (χ2v) is 5.61. The first-order valence-electron chi connectivity index (χ1n) is 5.15. The fourth-order valence-electron chi connectivity index (χ4n) is 1.03. The normalized spacial score (nSPS) is 10.8. The lowest BCUT2D eigenvalue weighted by molar-refractivity contribution is -0.120. The Morgan fingerprint density at radius 1 is 1.62 bits per heavy atom. The van der Waals surface area contributed by atoms with Gasteiger partial charge in [0, 0.05) is 13.1 Å². The Hall–Kier alpha value is -0.650. The number of nitrogens with one attached hydrogen (secondary N) is 2. The smallest absolute Gasteiger partial charge is 0.233 e. The molecule has 0 unspecified atom stereocenters. The summed E-state index contributed by atoms with van der Waals surface area (Å²) in [4.78, 5) is 15.4. The molecule has 0 aliphatic carbocycles. The van der Waals surface area contributed by atoms with E-state index in [9.17, 15) is 4.79 Å². The molecular weight excluding hydrogens is 246 g/mol. The first-order valence-corrected chi connectivity index (χ1v) is 6.35. The minimum absolute atomic E-state index is 0.0105. The molecule has 6 heteroatoms. The minimum atomic E-state index is 0.0105. The fraction of sp³-hybridized carbons (Fsp3) is 0.600. The summed E-state index contributed by atoms with van der Waals surface area (Å²) in [5.74, 6) is 0.484. The first-order chi connectivity index (χ1) is 7.58. The zero-order valence-electron chi connectivity index (χ0n) is 9.42. The van der Waals surface area contributed by atoms with Crippen LogP contribution in [0.3, 0.4) is 0 Å². The summed E-state index contributed by atoms with van der Waals surface area (Å²) in [6, 6.07) is 0. The van der Waals surface area contributed by atoms with Gasteiger partial charge in [-0.15, -0.1) is 11.3 Å². The third kappa shape index (κ3) is 5.44.